The van der Waals surface area contributed by atoms with E-state index >= 15 is 0 Å². The second-order valence-corrected chi connectivity index (χ2v) is 5.16. The summed E-state index contributed by atoms with van der Waals surface area (Å²) in [5.41, 5.74) is 1.33. The molecule has 1 heterocycles. The number of carbonyl (C=O) groups excluding carboxylic acids is 3. The van der Waals surface area contributed by atoms with Crippen LogP contribution in [-0.2, 0) is 9.53 Å². The van der Waals surface area contributed by atoms with E-state index in [4.69, 9.17) is 9.15 Å². The van der Waals surface area contributed by atoms with E-state index in [1.807, 2.05) is 0 Å². The van der Waals surface area contributed by atoms with Crippen LogP contribution in [0.3, 0.4) is 0 Å². The van der Waals surface area contributed by atoms with Crippen molar-refractivity contribution >= 4 is 17.7 Å². The summed E-state index contributed by atoms with van der Waals surface area (Å²) < 4.78 is 10.3. The Balaban J connectivity index is 2.06. The molecule has 2 rings (SSSR count). The maximum atomic E-state index is 11.8. The van der Waals surface area contributed by atoms with Crippen LogP contribution in [0.1, 0.15) is 27.8 Å². The predicted octanol–water partition coefficient (Wildman–Crippen LogP) is 2.39. The first-order chi connectivity index (χ1) is 10.9. The van der Waals surface area contributed by atoms with Crippen LogP contribution in [-0.4, -0.2) is 43.3 Å². The molecule has 120 valence electrons. The minimum atomic E-state index is -0.702. The van der Waals surface area contributed by atoms with Gasteiger partial charge < -0.3 is 14.1 Å². The van der Waals surface area contributed by atoms with Gasteiger partial charge in [-0.05, 0) is 19.1 Å². The van der Waals surface area contributed by atoms with E-state index in [9.17, 15) is 14.4 Å². The Hall–Kier alpha value is -2.89. The number of Topliss-reactive ketones (excluding diaryl/α,β-unsaturated/α-hetero) is 1. The van der Waals surface area contributed by atoms with Crippen LogP contribution in [0.2, 0.25) is 0 Å². The molecule has 0 radical (unpaired) electrons. The zero-order chi connectivity index (χ0) is 17.0. The van der Waals surface area contributed by atoms with Crippen LogP contribution in [0.5, 0.6) is 0 Å². The van der Waals surface area contributed by atoms with E-state index in [1.165, 1.54) is 17.9 Å². The molecule has 1 aromatic carbocycles. The third-order valence-electron chi connectivity index (χ3n) is 3.21. The molecule has 0 aliphatic carbocycles. The molecule has 1 amide bonds. The lowest BCUT2D eigenvalue weighted by atomic mass is 10.1. The second-order valence-electron chi connectivity index (χ2n) is 5.16. The molecule has 0 atom stereocenters. The maximum absolute atomic E-state index is 11.8. The van der Waals surface area contributed by atoms with Gasteiger partial charge in [0.15, 0.2) is 12.4 Å². The largest absolute Gasteiger partial charge is 0.450 e. The first kappa shape index (κ1) is 16.5. The second kappa shape index (κ2) is 6.91. The number of ether oxygens (including phenoxy) is 1. The standard InChI is InChI=1S/C17H17NO5/c1-11(19)12-4-6-13(7-5-12)14-8-9-15(23-14)17(21)22-10-16(20)18(2)3/h4-9H,10H2,1-3H3. The van der Waals surface area contributed by atoms with Gasteiger partial charge in [-0.25, -0.2) is 4.79 Å². The SMILES string of the molecule is CC(=O)c1ccc(-c2ccc(C(=O)OCC(=O)N(C)C)o2)cc1. The molecule has 23 heavy (non-hydrogen) atoms. The van der Waals surface area contributed by atoms with Crippen molar-refractivity contribution in [2.24, 2.45) is 0 Å². The predicted molar refractivity (Wildman–Crippen MR) is 83.1 cm³/mol. The van der Waals surface area contributed by atoms with Crippen molar-refractivity contribution in [3.8, 4) is 11.3 Å². The van der Waals surface area contributed by atoms with E-state index < -0.39 is 5.97 Å². The number of benzene rings is 1. The molecule has 6 heteroatoms. The number of esters is 1. The number of carbonyl (C=O) groups is 3. The lowest BCUT2D eigenvalue weighted by molar-refractivity contribution is -0.132. The van der Waals surface area contributed by atoms with Crippen LogP contribution >= 0.6 is 0 Å². The normalized spacial score (nSPS) is 10.2. The summed E-state index contributed by atoms with van der Waals surface area (Å²) >= 11 is 0. The smallest absolute Gasteiger partial charge is 0.374 e. The fourth-order valence-electron chi connectivity index (χ4n) is 1.80. The summed E-state index contributed by atoms with van der Waals surface area (Å²) in [5, 5.41) is 0. The van der Waals surface area contributed by atoms with Crippen LogP contribution in [0.25, 0.3) is 11.3 Å². The van der Waals surface area contributed by atoms with Crippen LogP contribution in [0.15, 0.2) is 40.8 Å². The fourth-order valence-corrected chi connectivity index (χ4v) is 1.80. The van der Waals surface area contributed by atoms with Crippen molar-refractivity contribution in [1.29, 1.82) is 0 Å². The lowest BCUT2D eigenvalue weighted by Gasteiger charge is -2.09. The highest BCUT2D eigenvalue weighted by atomic mass is 16.5. The van der Waals surface area contributed by atoms with E-state index in [0.29, 0.717) is 11.3 Å². The van der Waals surface area contributed by atoms with Gasteiger partial charge in [-0.3, -0.25) is 9.59 Å². The van der Waals surface area contributed by atoms with Gasteiger partial charge in [-0.1, -0.05) is 24.3 Å². The van der Waals surface area contributed by atoms with E-state index in [0.717, 1.165) is 5.56 Å². The van der Waals surface area contributed by atoms with Gasteiger partial charge >= 0.3 is 5.97 Å². The van der Waals surface area contributed by atoms with Gasteiger partial charge in [-0.15, -0.1) is 0 Å². The Morgan fingerprint density at radius 2 is 1.70 bits per heavy atom. The molecule has 0 N–H and O–H groups in total. The molecule has 0 aliphatic rings. The van der Waals surface area contributed by atoms with Gasteiger partial charge in [0.05, 0.1) is 0 Å². The highest BCUT2D eigenvalue weighted by molar-refractivity contribution is 5.94. The minimum absolute atomic E-state index is 0.0159. The number of nitrogens with zero attached hydrogens (tertiary/aromatic N) is 1. The van der Waals surface area contributed by atoms with Gasteiger partial charge in [0.25, 0.3) is 5.91 Å². The Bertz CT molecular complexity index is 728. The average Bonchev–Trinajstić information content (AvgIpc) is 3.02. The van der Waals surface area contributed by atoms with E-state index in [2.05, 4.69) is 0 Å². The summed E-state index contributed by atoms with van der Waals surface area (Å²) in [4.78, 5) is 35.8. The molecular weight excluding hydrogens is 298 g/mol. The number of likely N-dealkylation sites (N-methyl/N-ethyl adjacent to an activating group) is 1. The van der Waals surface area contributed by atoms with E-state index in [-0.39, 0.29) is 24.1 Å². The third kappa shape index (κ3) is 4.06. The summed E-state index contributed by atoms with van der Waals surface area (Å²) in [6, 6.07) is 9.96. The summed E-state index contributed by atoms with van der Waals surface area (Å²) in [6.45, 7) is 1.15. The molecule has 6 nitrogen and oxygen atoms in total. The zero-order valence-electron chi connectivity index (χ0n) is 13.2. The average molecular weight is 315 g/mol. The third-order valence-corrected chi connectivity index (χ3v) is 3.21. The monoisotopic (exact) mass is 315 g/mol. The number of hydrogen-bond acceptors (Lipinski definition) is 5. The first-order valence-corrected chi connectivity index (χ1v) is 6.97. The highest BCUT2D eigenvalue weighted by Crippen LogP contribution is 2.23. The van der Waals surface area contributed by atoms with Gasteiger partial charge in [0, 0.05) is 25.2 Å². The Labute approximate surface area is 133 Å². The molecule has 1 aromatic heterocycles. The summed E-state index contributed by atoms with van der Waals surface area (Å²) in [7, 11) is 3.15. The molecule has 0 aliphatic heterocycles. The summed E-state index contributed by atoms with van der Waals surface area (Å²) in [6.07, 6.45) is 0. The van der Waals surface area contributed by atoms with Gasteiger partial charge in [-0.2, -0.15) is 0 Å². The Kier molecular flexibility index (Phi) is 4.95. The number of amides is 1. The quantitative estimate of drug-likeness (QED) is 0.625. The lowest BCUT2D eigenvalue weighted by Crippen LogP contribution is -2.27. The van der Waals surface area contributed by atoms with Crippen LogP contribution < -0.4 is 0 Å². The molecule has 0 bridgehead atoms. The van der Waals surface area contributed by atoms with Crippen LogP contribution in [0, 0.1) is 0 Å². The van der Waals surface area contributed by atoms with Crippen molar-refractivity contribution in [2.75, 3.05) is 20.7 Å². The first-order valence-electron chi connectivity index (χ1n) is 6.97. The highest BCUT2D eigenvalue weighted by Gasteiger charge is 2.16. The van der Waals surface area contributed by atoms with Crippen molar-refractivity contribution in [1.82, 2.24) is 4.90 Å². The number of hydrogen-bond donors (Lipinski definition) is 0. The van der Waals surface area contributed by atoms with Crippen molar-refractivity contribution in [3.63, 3.8) is 0 Å². The molecule has 0 spiro atoms. The molecule has 2 aromatic rings. The van der Waals surface area contributed by atoms with Crippen molar-refractivity contribution < 1.29 is 23.5 Å². The topological polar surface area (TPSA) is 76.8 Å². The zero-order valence-corrected chi connectivity index (χ0v) is 13.2. The molecular formula is C17H17NO5. The van der Waals surface area contributed by atoms with E-state index in [1.54, 1.807) is 44.4 Å². The van der Waals surface area contributed by atoms with Crippen LogP contribution in [0.4, 0.5) is 0 Å². The minimum Gasteiger partial charge on any atom is -0.450 e. The van der Waals surface area contributed by atoms with Crippen molar-refractivity contribution in [2.45, 2.75) is 6.92 Å². The number of ketones is 1. The maximum Gasteiger partial charge on any atom is 0.374 e. The molecule has 0 saturated heterocycles. The van der Waals surface area contributed by atoms with Gasteiger partial charge in [0.2, 0.25) is 5.76 Å². The number of rotatable bonds is 5. The Morgan fingerprint density at radius 1 is 1.04 bits per heavy atom. The molecule has 0 fully saturated rings. The molecule has 0 saturated carbocycles. The van der Waals surface area contributed by atoms with Crippen molar-refractivity contribution in [3.05, 3.63) is 47.7 Å². The number of furan rings is 1. The fraction of sp³-hybridized carbons (Fsp3) is 0.235. The molecule has 0 unspecified atom stereocenters. The Morgan fingerprint density at radius 3 is 2.26 bits per heavy atom. The summed E-state index contributed by atoms with van der Waals surface area (Å²) in [5.74, 6) is -0.546. The van der Waals surface area contributed by atoms with Gasteiger partial charge in [0.1, 0.15) is 5.76 Å².